The number of ether oxygens (including phenoxy) is 2. The minimum absolute atomic E-state index is 0.663. The van der Waals surface area contributed by atoms with Gasteiger partial charge in [0.05, 0.1) is 18.8 Å². The summed E-state index contributed by atoms with van der Waals surface area (Å²) in [5.41, 5.74) is 1.69. The first-order chi connectivity index (χ1) is 12.3. The minimum Gasteiger partial charge on any atom is -0.454 e. The van der Waals surface area contributed by atoms with Gasteiger partial charge in [-0.25, -0.2) is 4.99 Å². The van der Waals surface area contributed by atoms with Crippen molar-refractivity contribution in [3.05, 3.63) is 53.1 Å². The maximum absolute atomic E-state index is 6.20. The van der Waals surface area contributed by atoms with Crippen molar-refractivity contribution in [2.75, 3.05) is 39.4 Å². The number of halogens is 1. The zero-order chi connectivity index (χ0) is 17.1. The first kappa shape index (κ1) is 16.4. The molecule has 2 aromatic rings. The summed E-state index contributed by atoms with van der Waals surface area (Å²) in [5, 5.41) is 4.13. The topological polar surface area (TPSA) is 46.1 Å². The van der Waals surface area contributed by atoms with Crippen molar-refractivity contribution in [3.63, 3.8) is 0 Å². The summed E-state index contributed by atoms with van der Waals surface area (Å²) in [6, 6.07) is 13.4. The number of aliphatic imine (C=N–C) groups is 1. The van der Waals surface area contributed by atoms with Gasteiger partial charge in [0.1, 0.15) is 17.3 Å². The molecule has 0 aromatic heterocycles. The molecule has 0 bridgehead atoms. The summed E-state index contributed by atoms with van der Waals surface area (Å²) in [4.78, 5) is 7.17. The molecule has 1 saturated heterocycles. The first-order valence-electron chi connectivity index (χ1n) is 8.49. The Morgan fingerprint density at radius 2 is 1.92 bits per heavy atom. The van der Waals surface area contributed by atoms with E-state index >= 15 is 0 Å². The lowest BCUT2D eigenvalue weighted by Gasteiger charge is -2.26. The number of para-hydroxylation sites is 2. The number of nitrogens with one attached hydrogen (secondary N) is 1. The Kier molecular flexibility index (Phi) is 4.88. The second kappa shape index (κ2) is 7.44. The van der Waals surface area contributed by atoms with E-state index in [0.717, 1.165) is 68.0 Å². The highest BCUT2D eigenvalue weighted by Crippen LogP contribution is 2.37. The summed E-state index contributed by atoms with van der Waals surface area (Å²) in [6.07, 6.45) is 0. The van der Waals surface area contributed by atoms with Gasteiger partial charge in [-0.15, -0.1) is 0 Å². The van der Waals surface area contributed by atoms with Crippen molar-refractivity contribution in [1.82, 2.24) is 10.2 Å². The SMILES string of the molecule is Clc1ccc2c(c1)C(NCCN1CCOCC1)=Nc1ccccc1O2. The zero-order valence-corrected chi connectivity index (χ0v) is 14.6. The third-order valence-electron chi connectivity index (χ3n) is 4.34. The van der Waals surface area contributed by atoms with Crippen LogP contribution in [-0.4, -0.2) is 50.1 Å². The van der Waals surface area contributed by atoms with Crippen LogP contribution in [0.25, 0.3) is 0 Å². The summed E-state index contributed by atoms with van der Waals surface area (Å²) in [6.45, 7) is 5.31. The Bertz CT molecular complexity index is 788. The van der Waals surface area contributed by atoms with Crippen LogP contribution in [-0.2, 0) is 4.74 Å². The van der Waals surface area contributed by atoms with Crippen LogP contribution in [0.2, 0.25) is 5.02 Å². The molecule has 1 N–H and O–H groups in total. The lowest BCUT2D eigenvalue weighted by molar-refractivity contribution is 0.0389. The van der Waals surface area contributed by atoms with Crippen molar-refractivity contribution in [1.29, 1.82) is 0 Å². The van der Waals surface area contributed by atoms with Crippen LogP contribution >= 0.6 is 11.6 Å². The summed E-state index contributed by atoms with van der Waals surface area (Å²) < 4.78 is 11.4. The van der Waals surface area contributed by atoms with Gasteiger partial charge in [-0.3, -0.25) is 4.90 Å². The Balaban J connectivity index is 1.57. The molecule has 0 atom stereocenters. The molecule has 0 unspecified atom stereocenters. The fraction of sp³-hybridized carbons (Fsp3) is 0.316. The number of fused-ring (bicyclic) bond motifs is 2. The molecular formula is C19H20ClN3O2. The molecule has 0 spiro atoms. The molecule has 0 amide bonds. The van der Waals surface area contributed by atoms with E-state index in [2.05, 4.69) is 10.2 Å². The highest BCUT2D eigenvalue weighted by Gasteiger charge is 2.19. The fourth-order valence-electron chi connectivity index (χ4n) is 3.00. The Morgan fingerprint density at radius 1 is 1.08 bits per heavy atom. The van der Waals surface area contributed by atoms with Crippen LogP contribution in [0, 0.1) is 0 Å². The highest BCUT2D eigenvalue weighted by atomic mass is 35.5. The number of hydrogen-bond acceptors (Lipinski definition) is 5. The van der Waals surface area contributed by atoms with Gasteiger partial charge in [0.25, 0.3) is 0 Å². The maximum atomic E-state index is 6.20. The van der Waals surface area contributed by atoms with E-state index in [4.69, 9.17) is 26.1 Å². The molecule has 0 saturated carbocycles. The molecule has 130 valence electrons. The van der Waals surface area contributed by atoms with Gasteiger partial charge in [0.2, 0.25) is 0 Å². The zero-order valence-electron chi connectivity index (χ0n) is 13.9. The van der Waals surface area contributed by atoms with Crippen LogP contribution < -0.4 is 10.1 Å². The number of nitrogens with zero attached hydrogens (tertiary/aromatic N) is 2. The Morgan fingerprint density at radius 3 is 2.80 bits per heavy atom. The van der Waals surface area contributed by atoms with E-state index in [1.807, 2.05) is 42.5 Å². The van der Waals surface area contributed by atoms with E-state index < -0.39 is 0 Å². The molecule has 6 heteroatoms. The van der Waals surface area contributed by atoms with Gasteiger partial charge in [0, 0.05) is 31.2 Å². The maximum Gasteiger partial charge on any atom is 0.153 e. The van der Waals surface area contributed by atoms with Gasteiger partial charge in [-0.1, -0.05) is 23.7 Å². The van der Waals surface area contributed by atoms with Crippen molar-refractivity contribution in [2.24, 2.45) is 4.99 Å². The highest BCUT2D eigenvalue weighted by molar-refractivity contribution is 6.31. The van der Waals surface area contributed by atoms with E-state index in [9.17, 15) is 0 Å². The normalized spacial score (nSPS) is 16.9. The third-order valence-corrected chi connectivity index (χ3v) is 4.57. The lowest BCUT2D eigenvalue weighted by Crippen LogP contribution is -2.41. The molecule has 2 aliphatic rings. The second-order valence-electron chi connectivity index (χ2n) is 6.05. The van der Waals surface area contributed by atoms with E-state index in [1.54, 1.807) is 0 Å². The van der Waals surface area contributed by atoms with Crippen molar-refractivity contribution < 1.29 is 9.47 Å². The first-order valence-corrected chi connectivity index (χ1v) is 8.87. The van der Waals surface area contributed by atoms with Gasteiger partial charge in [0.15, 0.2) is 5.75 Å². The van der Waals surface area contributed by atoms with Crippen LogP contribution in [0.15, 0.2) is 47.5 Å². The van der Waals surface area contributed by atoms with E-state index in [0.29, 0.717) is 5.02 Å². The Hall–Kier alpha value is -2.08. The number of hydrogen-bond donors (Lipinski definition) is 1. The number of amidine groups is 1. The minimum atomic E-state index is 0.663. The molecule has 2 aromatic carbocycles. The van der Waals surface area contributed by atoms with Crippen LogP contribution in [0.5, 0.6) is 11.5 Å². The van der Waals surface area contributed by atoms with Crippen LogP contribution in [0.4, 0.5) is 5.69 Å². The molecule has 2 heterocycles. The van der Waals surface area contributed by atoms with Crippen molar-refractivity contribution >= 4 is 23.1 Å². The molecular weight excluding hydrogens is 338 g/mol. The molecule has 5 nitrogen and oxygen atoms in total. The van der Waals surface area contributed by atoms with Crippen molar-refractivity contribution in [3.8, 4) is 11.5 Å². The monoisotopic (exact) mass is 357 g/mol. The Labute approximate surface area is 152 Å². The molecule has 0 aliphatic carbocycles. The third kappa shape index (κ3) is 3.79. The number of morpholine rings is 1. The average molecular weight is 358 g/mol. The fourth-order valence-corrected chi connectivity index (χ4v) is 3.18. The van der Waals surface area contributed by atoms with Gasteiger partial charge < -0.3 is 14.8 Å². The molecule has 4 rings (SSSR count). The molecule has 2 aliphatic heterocycles. The largest absolute Gasteiger partial charge is 0.454 e. The predicted molar refractivity (Wildman–Crippen MR) is 99.4 cm³/mol. The van der Waals surface area contributed by atoms with Gasteiger partial charge >= 0.3 is 0 Å². The smallest absolute Gasteiger partial charge is 0.153 e. The van der Waals surface area contributed by atoms with Gasteiger partial charge in [-0.05, 0) is 30.3 Å². The van der Waals surface area contributed by atoms with Gasteiger partial charge in [-0.2, -0.15) is 0 Å². The van der Waals surface area contributed by atoms with Crippen LogP contribution in [0.1, 0.15) is 5.56 Å². The summed E-state index contributed by atoms with van der Waals surface area (Å²) in [7, 11) is 0. The van der Waals surface area contributed by atoms with Crippen LogP contribution in [0.3, 0.4) is 0 Å². The standard InChI is InChI=1S/C19H20ClN3O2/c20-14-5-6-17-15(13-14)19(21-7-8-23-9-11-24-12-10-23)22-16-3-1-2-4-18(16)25-17/h1-6,13H,7-12H2,(H,21,22). The lowest BCUT2D eigenvalue weighted by atomic mass is 10.2. The quantitative estimate of drug-likeness (QED) is 0.914. The summed E-state index contributed by atoms with van der Waals surface area (Å²) in [5.74, 6) is 2.29. The molecule has 25 heavy (non-hydrogen) atoms. The predicted octanol–water partition coefficient (Wildman–Crippen LogP) is 3.45. The van der Waals surface area contributed by atoms with E-state index in [-0.39, 0.29) is 0 Å². The van der Waals surface area contributed by atoms with Crippen molar-refractivity contribution in [2.45, 2.75) is 0 Å². The number of benzene rings is 2. The molecule has 0 radical (unpaired) electrons. The number of rotatable bonds is 3. The summed E-state index contributed by atoms with van der Waals surface area (Å²) >= 11 is 6.20. The average Bonchev–Trinajstić information content (AvgIpc) is 2.79. The second-order valence-corrected chi connectivity index (χ2v) is 6.49. The van der Waals surface area contributed by atoms with E-state index in [1.165, 1.54) is 0 Å². The molecule has 1 fully saturated rings.